The van der Waals surface area contributed by atoms with Crippen molar-refractivity contribution in [3.63, 3.8) is 0 Å². The molecule has 164 valence electrons. The van der Waals surface area contributed by atoms with Gasteiger partial charge in [-0.05, 0) is 44.2 Å². The second-order valence-electron chi connectivity index (χ2n) is 7.75. The Balaban J connectivity index is 1.52. The minimum absolute atomic E-state index is 0.134. The zero-order chi connectivity index (χ0) is 22.8. The van der Waals surface area contributed by atoms with Crippen molar-refractivity contribution in [3.05, 3.63) is 87.6 Å². The van der Waals surface area contributed by atoms with E-state index in [1.165, 1.54) is 19.1 Å². The first-order chi connectivity index (χ1) is 15.3. The highest BCUT2D eigenvalue weighted by Crippen LogP contribution is 2.22. The van der Waals surface area contributed by atoms with Crippen molar-refractivity contribution in [1.29, 1.82) is 0 Å². The van der Waals surface area contributed by atoms with Crippen LogP contribution >= 0.6 is 0 Å². The summed E-state index contributed by atoms with van der Waals surface area (Å²) < 4.78 is 16.1. The van der Waals surface area contributed by atoms with E-state index in [9.17, 15) is 18.8 Å². The lowest BCUT2D eigenvalue weighted by atomic mass is 10.1. The molecule has 1 aliphatic rings. The average Bonchev–Trinajstić information content (AvgIpc) is 2.79. The molecule has 1 amide bonds. The molecule has 0 saturated carbocycles. The zero-order valence-corrected chi connectivity index (χ0v) is 17.9. The number of carbonyl (C=O) groups excluding carboxylic acids is 2. The molecular weight excluding hydrogens is 411 g/mol. The summed E-state index contributed by atoms with van der Waals surface area (Å²) in [7, 11) is 0. The third kappa shape index (κ3) is 4.16. The highest BCUT2D eigenvalue weighted by Gasteiger charge is 2.27. The summed E-state index contributed by atoms with van der Waals surface area (Å²) in [4.78, 5) is 40.4. The minimum Gasteiger partial charge on any atom is -0.366 e. The number of carbonyl (C=O) groups is 2. The molecule has 2 heterocycles. The third-order valence-corrected chi connectivity index (χ3v) is 5.57. The number of nitrogens with zero attached hydrogens (tertiary/aromatic N) is 4. The summed E-state index contributed by atoms with van der Waals surface area (Å²) in [6.45, 7) is 4.62. The molecule has 0 spiro atoms. The first kappa shape index (κ1) is 21.4. The Morgan fingerprint density at radius 1 is 0.969 bits per heavy atom. The fraction of sp³-hybridized carbons (Fsp3) is 0.250. The lowest BCUT2D eigenvalue weighted by Gasteiger charge is -2.36. The van der Waals surface area contributed by atoms with Gasteiger partial charge in [0, 0.05) is 43.5 Å². The maximum atomic E-state index is 14.5. The van der Waals surface area contributed by atoms with Gasteiger partial charge in [-0.1, -0.05) is 18.2 Å². The highest BCUT2D eigenvalue weighted by molar-refractivity contribution is 5.94. The van der Waals surface area contributed by atoms with Crippen LogP contribution in [-0.4, -0.2) is 52.5 Å². The van der Waals surface area contributed by atoms with Crippen LogP contribution in [0.3, 0.4) is 0 Å². The molecule has 0 N–H and O–H groups in total. The normalized spacial score (nSPS) is 13.8. The number of amides is 1. The molecule has 4 rings (SSSR count). The summed E-state index contributed by atoms with van der Waals surface area (Å²) in [5, 5.41) is 4.34. The van der Waals surface area contributed by atoms with Crippen molar-refractivity contribution in [2.24, 2.45) is 0 Å². The molecule has 1 aliphatic heterocycles. The highest BCUT2D eigenvalue weighted by atomic mass is 19.1. The number of para-hydroxylation sites is 1. The van der Waals surface area contributed by atoms with E-state index in [-0.39, 0.29) is 11.5 Å². The largest absolute Gasteiger partial charge is 0.366 e. The molecule has 1 fully saturated rings. The van der Waals surface area contributed by atoms with Gasteiger partial charge in [-0.25, -0.2) is 9.07 Å². The zero-order valence-electron chi connectivity index (χ0n) is 17.9. The first-order valence-corrected chi connectivity index (χ1v) is 10.4. The second kappa shape index (κ2) is 8.74. The van der Waals surface area contributed by atoms with E-state index >= 15 is 0 Å². The monoisotopic (exact) mass is 434 g/mol. The van der Waals surface area contributed by atoms with E-state index in [0.717, 1.165) is 5.69 Å². The summed E-state index contributed by atoms with van der Waals surface area (Å²) in [5.41, 5.74) is 1.54. The number of aromatic nitrogens is 2. The Labute approximate surface area is 184 Å². The first-order valence-electron chi connectivity index (χ1n) is 10.4. The van der Waals surface area contributed by atoms with Crippen LogP contribution in [-0.2, 0) is 0 Å². The molecule has 0 aliphatic carbocycles. The van der Waals surface area contributed by atoms with Gasteiger partial charge in [0.25, 0.3) is 5.91 Å². The molecule has 32 heavy (non-hydrogen) atoms. The Morgan fingerprint density at radius 3 is 2.28 bits per heavy atom. The lowest BCUT2D eigenvalue weighted by Crippen LogP contribution is -2.50. The Bertz CT molecular complexity index is 1230. The van der Waals surface area contributed by atoms with Gasteiger partial charge in [0.05, 0.1) is 11.4 Å². The van der Waals surface area contributed by atoms with Crippen molar-refractivity contribution < 1.29 is 14.0 Å². The van der Waals surface area contributed by atoms with Gasteiger partial charge in [-0.15, -0.1) is 0 Å². The maximum Gasteiger partial charge on any atom is 0.278 e. The van der Waals surface area contributed by atoms with Crippen molar-refractivity contribution in [1.82, 2.24) is 14.7 Å². The third-order valence-electron chi connectivity index (χ3n) is 5.57. The van der Waals surface area contributed by atoms with Gasteiger partial charge < -0.3 is 9.80 Å². The molecule has 0 unspecified atom stereocenters. The van der Waals surface area contributed by atoms with Crippen LogP contribution < -0.4 is 10.3 Å². The van der Waals surface area contributed by atoms with Gasteiger partial charge in [-0.3, -0.25) is 14.4 Å². The van der Waals surface area contributed by atoms with Crippen LogP contribution in [0.25, 0.3) is 5.69 Å². The van der Waals surface area contributed by atoms with Crippen LogP contribution in [0.15, 0.2) is 59.4 Å². The van der Waals surface area contributed by atoms with Crippen molar-refractivity contribution >= 4 is 17.4 Å². The summed E-state index contributed by atoms with van der Waals surface area (Å²) in [6, 6.07) is 15.1. The van der Waals surface area contributed by atoms with Gasteiger partial charge in [0.15, 0.2) is 11.5 Å². The number of Topliss-reactive ketones (excluding diaryl/α,β-unsaturated/α-hetero) is 1. The molecule has 3 aromatic rings. The SMILES string of the molecule is CC(=O)c1ccc(N2CCN(C(=O)c3nn(-c4ccccc4)c(C)cc3=O)CC2)c(F)c1. The summed E-state index contributed by atoms with van der Waals surface area (Å²) >= 11 is 0. The summed E-state index contributed by atoms with van der Waals surface area (Å²) in [5.74, 6) is -1.10. The van der Waals surface area contributed by atoms with Crippen molar-refractivity contribution in [2.75, 3.05) is 31.1 Å². The van der Waals surface area contributed by atoms with Crippen molar-refractivity contribution in [3.8, 4) is 5.69 Å². The molecule has 1 aromatic heterocycles. The van der Waals surface area contributed by atoms with Crippen LogP contribution in [0.4, 0.5) is 10.1 Å². The molecule has 2 aromatic carbocycles. The lowest BCUT2D eigenvalue weighted by molar-refractivity contribution is 0.0737. The average molecular weight is 434 g/mol. The molecule has 0 atom stereocenters. The van der Waals surface area contributed by atoms with E-state index in [4.69, 9.17) is 0 Å². The number of aryl methyl sites for hydroxylation is 1. The Hall–Kier alpha value is -3.81. The van der Waals surface area contributed by atoms with Gasteiger partial charge in [-0.2, -0.15) is 5.10 Å². The fourth-order valence-corrected chi connectivity index (χ4v) is 3.81. The maximum absolute atomic E-state index is 14.5. The van der Waals surface area contributed by atoms with E-state index < -0.39 is 17.2 Å². The van der Waals surface area contributed by atoms with Crippen LogP contribution in [0, 0.1) is 12.7 Å². The molecule has 0 radical (unpaired) electrons. The smallest absolute Gasteiger partial charge is 0.278 e. The van der Waals surface area contributed by atoms with E-state index in [2.05, 4.69) is 5.10 Å². The fourth-order valence-electron chi connectivity index (χ4n) is 3.81. The number of halogens is 1. The van der Waals surface area contributed by atoms with Crippen LogP contribution in [0.2, 0.25) is 0 Å². The number of ketones is 1. The predicted octanol–water partition coefficient (Wildman–Crippen LogP) is 2.85. The number of piperazine rings is 1. The molecule has 7 nitrogen and oxygen atoms in total. The predicted molar refractivity (Wildman–Crippen MR) is 119 cm³/mol. The number of rotatable bonds is 4. The number of anilines is 1. The van der Waals surface area contributed by atoms with Gasteiger partial charge in [0.1, 0.15) is 5.82 Å². The number of hydrogen-bond acceptors (Lipinski definition) is 5. The summed E-state index contributed by atoms with van der Waals surface area (Å²) in [6.07, 6.45) is 0. The standard InChI is InChI=1S/C24H23FN4O3/c1-16-14-22(31)23(26-29(16)19-6-4-3-5-7-19)24(32)28-12-10-27(11-13-28)21-9-8-18(17(2)30)15-20(21)25/h3-9,14-15H,10-13H2,1-2H3. The molecule has 0 bridgehead atoms. The van der Waals surface area contributed by atoms with Crippen LogP contribution in [0.5, 0.6) is 0 Å². The quantitative estimate of drug-likeness (QED) is 0.591. The number of hydrogen-bond donors (Lipinski definition) is 0. The molecule has 8 heteroatoms. The van der Waals surface area contributed by atoms with Gasteiger partial charge >= 0.3 is 0 Å². The minimum atomic E-state index is -0.469. The van der Waals surface area contributed by atoms with Gasteiger partial charge in [0.2, 0.25) is 5.43 Å². The van der Waals surface area contributed by atoms with E-state index in [1.54, 1.807) is 28.6 Å². The van der Waals surface area contributed by atoms with E-state index in [1.807, 2.05) is 35.2 Å². The van der Waals surface area contributed by atoms with Crippen molar-refractivity contribution in [2.45, 2.75) is 13.8 Å². The topological polar surface area (TPSA) is 75.5 Å². The number of benzene rings is 2. The second-order valence-corrected chi connectivity index (χ2v) is 7.75. The molecule has 1 saturated heterocycles. The molecular formula is C24H23FN4O3. The Kier molecular flexibility index (Phi) is 5.85. The van der Waals surface area contributed by atoms with Crippen LogP contribution in [0.1, 0.15) is 33.5 Å². The Morgan fingerprint density at radius 2 is 1.66 bits per heavy atom. The van der Waals surface area contributed by atoms with E-state index in [0.29, 0.717) is 43.1 Å².